The number of ether oxygens (including phenoxy) is 2. The standard InChI is InChI=1S/C20H27FN10O11P2/c21-10-9-3-38-43(33,34)41-8-1-7(39-18(8)30-5-26-11-14(22)24-4-25-15(11)30)2-37-44(35,36)42-13(10)19(40-9)31-6-27-12-16(31)28-20(23)29-17(12)32/h4-10,12-13,16,18-20,28H,1-3,23H2,(H,29,32)(H,33,34)(H,35,36)(H2,22,24,25)/t7-,8+,9+,10+,12?,13+,16?,18+,19+,20?/m0/s1. The highest BCUT2D eigenvalue weighted by molar-refractivity contribution is 7.47. The lowest BCUT2D eigenvalue weighted by atomic mass is 10.1. The van der Waals surface area contributed by atoms with Crippen LogP contribution in [0.5, 0.6) is 0 Å². The molecule has 240 valence electrons. The maximum absolute atomic E-state index is 15.8. The molecule has 4 fully saturated rings. The Kier molecular flexibility index (Phi) is 7.47. The van der Waals surface area contributed by atoms with Crippen molar-refractivity contribution in [2.45, 2.75) is 68.0 Å². The van der Waals surface area contributed by atoms with Gasteiger partial charge in [-0.05, 0) is 0 Å². The van der Waals surface area contributed by atoms with Crippen LogP contribution in [0.4, 0.5) is 10.2 Å². The number of nitrogens with zero attached hydrogens (tertiary/aromatic N) is 6. The van der Waals surface area contributed by atoms with E-state index in [0.29, 0.717) is 0 Å². The summed E-state index contributed by atoms with van der Waals surface area (Å²) in [5.74, 6) is -0.444. The van der Waals surface area contributed by atoms with Crippen LogP contribution in [-0.2, 0) is 41.5 Å². The van der Waals surface area contributed by atoms with Gasteiger partial charge < -0.3 is 35.2 Å². The van der Waals surface area contributed by atoms with Gasteiger partial charge in [0.15, 0.2) is 36.1 Å². The Bertz CT molecular complexity index is 1590. The highest BCUT2D eigenvalue weighted by Gasteiger charge is 2.56. The largest absolute Gasteiger partial charge is 0.472 e. The molecule has 7 heterocycles. The number of halogens is 1. The number of hydrogen-bond acceptors (Lipinski definition) is 17. The summed E-state index contributed by atoms with van der Waals surface area (Å²) < 4.78 is 76.1. The van der Waals surface area contributed by atoms with Gasteiger partial charge in [0.2, 0.25) is 0 Å². The van der Waals surface area contributed by atoms with E-state index in [1.807, 2.05) is 0 Å². The van der Waals surface area contributed by atoms with Gasteiger partial charge in [-0.1, -0.05) is 0 Å². The SMILES string of the molecule is Nc1ncnc2c1ncn2[C@@H]1O[C@@H]2COP(=O)(O)O[C@@H]3[C@H](F)[C@@H](COP(=O)(O)O[C@@H]1C2)O[C@H]3N1C=NC2C(=O)NC(N)NC21. The van der Waals surface area contributed by atoms with Gasteiger partial charge in [0, 0.05) is 6.42 Å². The molecule has 8 N–H and O–H groups in total. The lowest BCUT2D eigenvalue weighted by molar-refractivity contribution is -0.130. The van der Waals surface area contributed by atoms with E-state index in [4.69, 9.17) is 39.0 Å². The molecule has 2 aromatic rings. The first kappa shape index (κ1) is 30.0. The van der Waals surface area contributed by atoms with Crippen molar-refractivity contribution in [2.24, 2.45) is 10.7 Å². The molecule has 5 aliphatic heterocycles. The number of nitrogens with two attached hydrogens (primary N) is 2. The summed E-state index contributed by atoms with van der Waals surface area (Å²) in [5.41, 5.74) is 12.1. The van der Waals surface area contributed by atoms with Crippen LogP contribution in [-0.4, -0.2) is 115 Å². The molecule has 5 unspecified atom stereocenters. The second kappa shape index (κ2) is 11.0. The minimum atomic E-state index is -5.01. The summed E-state index contributed by atoms with van der Waals surface area (Å²) in [6, 6.07) is -0.999. The van der Waals surface area contributed by atoms with Gasteiger partial charge in [-0.2, -0.15) is 0 Å². The second-order valence-electron chi connectivity index (χ2n) is 10.5. The Morgan fingerprint density at radius 3 is 2.64 bits per heavy atom. The van der Waals surface area contributed by atoms with Crippen LogP contribution in [0.2, 0.25) is 0 Å². The number of phosphoric ester groups is 2. The van der Waals surface area contributed by atoms with E-state index in [-0.39, 0.29) is 23.4 Å². The van der Waals surface area contributed by atoms with Gasteiger partial charge >= 0.3 is 15.6 Å². The first-order valence-electron chi connectivity index (χ1n) is 13.2. The topological polar surface area (TPSA) is 282 Å². The molecule has 0 radical (unpaired) electrons. The molecule has 44 heavy (non-hydrogen) atoms. The number of imidazole rings is 1. The molecule has 0 saturated carbocycles. The highest BCUT2D eigenvalue weighted by Crippen LogP contribution is 2.53. The third kappa shape index (κ3) is 5.40. The zero-order chi connectivity index (χ0) is 31.0. The maximum atomic E-state index is 15.8. The fourth-order valence-corrected chi connectivity index (χ4v) is 7.55. The number of fused-ring (bicyclic) bond motifs is 6. The van der Waals surface area contributed by atoms with Crippen molar-refractivity contribution in [3.05, 3.63) is 12.7 Å². The number of nitrogen functional groups attached to an aromatic ring is 1. The third-order valence-electron chi connectivity index (χ3n) is 7.61. The monoisotopic (exact) mass is 664 g/mol. The van der Waals surface area contributed by atoms with Crippen molar-refractivity contribution in [1.29, 1.82) is 0 Å². The van der Waals surface area contributed by atoms with Crippen molar-refractivity contribution >= 4 is 44.9 Å². The summed E-state index contributed by atoms with van der Waals surface area (Å²) >= 11 is 0. The number of carbonyl (C=O) groups excluding carboxylic acids is 1. The van der Waals surface area contributed by atoms with Gasteiger partial charge in [0.1, 0.15) is 42.6 Å². The number of hydrogen-bond donors (Lipinski definition) is 6. The number of aromatic nitrogens is 4. The number of carbonyl (C=O) groups is 1. The predicted octanol–water partition coefficient (Wildman–Crippen LogP) is -2.22. The first-order chi connectivity index (χ1) is 20.9. The van der Waals surface area contributed by atoms with Crippen molar-refractivity contribution < 1.29 is 55.7 Å². The van der Waals surface area contributed by atoms with E-state index < -0.39 is 96.3 Å². The summed E-state index contributed by atoms with van der Waals surface area (Å²) in [7, 11) is -9.92. The van der Waals surface area contributed by atoms with Crippen LogP contribution in [0.1, 0.15) is 12.6 Å². The van der Waals surface area contributed by atoms with Crippen LogP contribution < -0.4 is 22.1 Å². The Morgan fingerprint density at radius 1 is 1.05 bits per heavy atom. The quantitative estimate of drug-likeness (QED) is 0.185. The number of amides is 1. The molecule has 4 bridgehead atoms. The lowest BCUT2D eigenvalue weighted by Gasteiger charge is -2.39. The summed E-state index contributed by atoms with van der Waals surface area (Å²) in [4.78, 5) is 51.1. The number of aliphatic imine (C=N–C) groups is 1. The molecule has 12 atom stereocenters. The van der Waals surface area contributed by atoms with Crippen LogP contribution in [0, 0.1) is 0 Å². The van der Waals surface area contributed by atoms with Gasteiger partial charge in [-0.3, -0.25) is 43.5 Å². The molecule has 2 aromatic heterocycles. The van der Waals surface area contributed by atoms with Crippen molar-refractivity contribution in [2.75, 3.05) is 18.9 Å². The number of phosphoric acid groups is 2. The van der Waals surface area contributed by atoms with Crippen LogP contribution >= 0.6 is 15.6 Å². The second-order valence-corrected chi connectivity index (χ2v) is 13.3. The molecule has 24 heteroatoms. The molecule has 7 rings (SSSR count). The van der Waals surface area contributed by atoms with E-state index in [0.717, 1.165) is 0 Å². The van der Waals surface area contributed by atoms with E-state index >= 15 is 4.39 Å². The minimum absolute atomic E-state index is 0.0762. The van der Waals surface area contributed by atoms with Crippen LogP contribution in [0.15, 0.2) is 17.6 Å². The molecule has 0 aliphatic carbocycles. The molecule has 21 nitrogen and oxygen atoms in total. The third-order valence-corrected chi connectivity index (χ3v) is 9.61. The maximum Gasteiger partial charge on any atom is 0.472 e. The molecule has 5 aliphatic rings. The number of nitrogens with one attached hydrogen (secondary N) is 2. The average Bonchev–Trinajstić information content (AvgIpc) is 3.72. The Balaban J connectivity index is 1.16. The van der Waals surface area contributed by atoms with Gasteiger partial charge in [0.25, 0.3) is 5.91 Å². The molecule has 1 amide bonds. The first-order valence-corrected chi connectivity index (χ1v) is 16.2. The van der Waals surface area contributed by atoms with E-state index in [1.54, 1.807) is 0 Å². The fraction of sp³-hybridized carbons (Fsp3) is 0.650. The zero-order valence-corrected chi connectivity index (χ0v) is 24.1. The molecular weight excluding hydrogens is 637 g/mol. The molecular formula is C20H27FN10O11P2. The summed E-state index contributed by atoms with van der Waals surface area (Å²) in [6.45, 7) is -1.41. The van der Waals surface area contributed by atoms with Gasteiger partial charge in [0.05, 0.1) is 32.0 Å². The van der Waals surface area contributed by atoms with Crippen LogP contribution in [0.25, 0.3) is 11.2 Å². The van der Waals surface area contributed by atoms with E-state index in [2.05, 4.69) is 30.6 Å². The zero-order valence-electron chi connectivity index (χ0n) is 22.3. The average molecular weight is 664 g/mol. The lowest BCUT2D eigenvalue weighted by Crippen LogP contribution is -2.70. The summed E-state index contributed by atoms with van der Waals surface area (Å²) in [5, 5.41) is 5.31. The predicted molar refractivity (Wildman–Crippen MR) is 140 cm³/mol. The minimum Gasteiger partial charge on any atom is -0.382 e. The normalized spacial score (nSPS) is 44.5. The Hall–Kier alpha value is -2.72. The number of rotatable bonds is 2. The van der Waals surface area contributed by atoms with Crippen molar-refractivity contribution in [3.63, 3.8) is 0 Å². The highest BCUT2D eigenvalue weighted by atomic mass is 31.2. The Labute approximate surface area is 246 Å². The molecule has 0 aromatic carbocycles. The van der Waals surface area contributed by atoms with Gasteiger partial charge in [-0.25, -0.2) is 28.5 Å². The van der Waals surface area contributed by atoms with E-state index in [1.165, 1.54) is 28.5 Å². The molecule has 4 saturated heterocycles. The van der Waals surface area contributed by atoms with Gasteiger partial charge in [-0.15, -0.1) is 0 Å². The smallest absolute Gasteiger partial charge is 0.382 e. The van der Waals surface area contributed by atoms with E-state index in [9.17, 15) is 23.7 Å². The van der Waals surface area contributed by atoms with Crippen molar-refractivity contribution in [1.82, 2.24) is 35.1 Å². The number of alkyl halides is 1. The van der Waals surface area contributed by atoms with Crippen LogP contribution in [0.3, 0.4) is 0 Å². The molecule has 0 spiro atoms. The van der Waals surface area contributed by atoms with Crippen molar-refractivity contribution in [3.8, 4) is 0 Å². The summed E-state index contributed by atoms with van der Waals surface area (Å²) in [6.07, 6.45) is -8.77. The fourth-order valence-electron chi connectivity index (χ4n) is 5.67. The number of anilines is 1. The Morgan fingerprint density at radius 2 is 1.82 bits per heavy atom.